The van der Waals surface area contributed by atoms with Crippen LogP contribution < -0.4 is 0 Å². The second-order valence-corrected chi connectivity index (χ2v) is 10.7. The number of sulfonamides is 1. The smallest absolute Gasteiger partial charge is 0.289 e. The Morgan fingerprint density at radius 1 is 0.919 bits per heavy atom. The van der Waals surface area contributed by atoms with E-state index in [2.05, 4.69) is 4.99 Å². The number of rotatable bonds is 8. The van der Waals surface area contributed by atoms with E-state index in [1.807, 2.05) is 0 Å². The molecule has 190 valence electrons. The number of carbonyl (C=O) groups is 1. The molecule has 2 atom stereocenters. The molecule has 11 nitrogen and oxygen atoms in total. The molecule has 0 aromatic heterocycles. The molecule has 0 amide bonds. The predicted octanol–water partition coefficient (Wildman–Crippen LogP) is 4.70. The summed E-state index contributed by atoms with van der Waals surface area (Å²) in [6.07, 6.45) is 0. The van der Waals surface area contributed by atoms with Crippen LogP contribution in [-0.4, -0.2) is 45.1 Å². The monoisotopic (exact) mass is 562 g/mol. The van der Waals surface area contributed by atoms with Crippen molar-refractivity contribution in [3.05, 3.63) is 110 Å². The van der Waals surface area contributed by atoms with Crippen LogP contribution in [0.25, 0.3) is 0 Å². The molecule has 4 rings (SSSR count). The van der Waals surface area contributed by atoms with Gasteiger partial charge in [-0.3, -0.25) is 30.0 Å². The van der Waals surface area contributed by atoms with Crippen LogP contribution >= 0.6 is 23.2 Å². The first kappa shape index (κ1) is 26.2. The van der Waals surface area contributed by atoms with Crippen molar-refractivity contribution in [3.63, 3.8) is 0 Å². The van der Waals surface area contributed by atoms with Crippen molar-refractivity contribution in [2.45, 2.75) is 21.8 Å². The molecule has 0 saturated carbocycles. The van der Waals surface area contributed by atoms with Gasteiger partial charge >= 0.3 is 0 Å². The Bertz CT molecular complexity index is 1530. The number of aliphatic imine (C=N–C) groups is 1. The number of ketones is 1. The van der Waals surface area contributed by atoms with E-state index in [1.165, 1.54) is 42.5 Å². The topological polar surface area (TPSA) is 153 Å². The summed E-state index contributed by atoms with van der Waals surface area (Å²) in [6, 6.07) is 14.6. The van der Waals surface area contributed by atoms with Crippen molar-refractivity contribution >= 4 is 56.2 Å². The molecule has 0 unspecified atom stereocenters. The predicted molar refractivity (Wildman–Crippen MR) is 135 cm³/mol. The SMILES string of the molecule is O=C(c1ccccc1)[C@@H]1[C@@H](c2cccc([N+](=O)[O-])c2)N=C(C(Cl)Cl)N1S(=O)(=O)c1ccccc1[N+](=O)[O-]. The van der Waals surface area contributed by atoms with Crippen LogP contribution in [0.15, 0.2) is 88.8 Å². The van der Waals surface area contributed by atoms with Gasteiger partial charge in [-0.25, -0.2) is 12.7 Å². The third-order valence-corrected chi connectivity index (χ3v) is 7.82. The summed E-state index contributed by atoms with van der Waals surface area (Å²) in [5, 5.41) is 23.0. The number of halogens is 2. The zero-order valence-electron chi connectivity index (χ0n) is 18.5. The quantitative estimate of drug-likeness (QED) is 0.167. The summed E-state index contributed by atoms with van der Waals surface area (Å²) in [5.74, 6) is -1.17. The molecular weight excluding hydrogens is 547 g/mol. The van der Waals surface area contributed by atoms with E-state index in [1.54, 1.807) is 18.2 Å². The molecule has 0 spiro atoms. The number of alkyl halides is 2. The molecule has 0 fully saturated rings. The second kappa shape index (κ2) is 10.2. The number of nitrogens with zero attached hydrogens (tertiary/aromatic N) is 4. The van der Waals surface area contributed by atoms with Crippen LogP contribution in [0.4, 0.5) is 11.4 Å². The lowest BCUT2D eigenvalue weighted by Crippen LogP contribution is -2.48. The molecule has 1 aliphatic heterocycles. The van der Waals surface area contributed by atoms with E-state index in [0.29, 0.717) is 4.31 Å². The lowest BCUT2D eigenvalue weighted by molar-refractivity contribution is -0.387. The molecule has 14 heteroatoms. The van der Waals surface area contributed by atoms with Gasteiger partial charge in [0.05, 0.1) is 9.85 Å². The van der Waals surface area contributed by atoms with Gasteiger partial charge in [0.15, 0.2) is 15.5 Å². The summed E-state index contributed by atoms with van der Waals surface area (Å²) in [5.41, 5.74) is -0.779. The lowest BCUT2D eigenvalue weighted by Gasteiger charge is -2.29. The van der Waals surface area contributed by atoms with E-state index in [0.717, 1.165) is 18.2 Å². The number of hydrogen-bond donors (Lipinski definition) is 0. The lowest BCUT2D eigenvalue weighted by atomic mass is 9.94. The fourth-order valence-electron chi connectivity index (χ4n) is 4.00. The number of hydrogen-bond acceptors (Lipinski definition) is 8. The van der Waals surface area contributed by atoms with Crippen LogP contribution in [0.5, 0.6) is 0 Å². The third kappa shape index (κ3) is 4.90. The van der Waals surface area contributed by atoms with E-state index >= 15 is 0 Å². The van der Waals surface area contributed by atoms with Crippen LogP contribution in [0.3, 0.4) is 0 Å². The highest BCUT2D eigenvalue weighted by Gasteiger charge is 2.51. The Labute approximate surface area is 220 Å². The van der Waals surface area contributed by atoms with E-state index in [4.69, 9.17) is 23.2 Å². The molecule has 37 heavy (non-hydrogen) atoms. The average molecular weight is 563 g/mol. The Morgan fingerprint density at radius 3 is 2.19 bits per heavy atom. The Hall–Kier alpha value is -3.87. The zero-order chi connectivity index (χ0) is 26.9. The minimum absolute atomic E-state index is 0.114. The molecule has 0 radical (unpaired) electrons. The molecule has 3 aromatic rings. The maximum absolute atomic E-state index is 13.9. The molecule has 0 bridgehead atoms. The number of non-ortho nitro benzene ring substituents is 1. The highest BCUT2D eigenvalue weighted by Crippen LogP contribution is 2.41. The summed E-state index contributed by atoms with van der Waals surface area (Å²) >= 11 is 12.2. The maximum Gasteiger partial charge on any atom is 0.289 e. The van der Waals surface area contributed by atoms with Gasteiger partial charge in [-0.2, -0.15) is 0 Å². The molecule has 3 aromatic carbocycles. The fraction of sp³-hybridized carbons (Fsp3) is 0.130. The molecule has 0 aliphatic carbocycles. The molecule has 0 saturated heterocycles. The van der Waals surface area contributed by atoms with Gasteiger partial charge in [0.25, 0.3) is 21.4 Å². The first-order valence-corrected chi connectivity index (χ1v) is 12.8. The van der Waals surface area contributed by atoms with Gasteiger partial charge in [-0.1, -0.05) is 77.8 Å². The first-order chi connectivity index (χ1) is 17.5. The number of nitro groups is 2. The van der Waals surface area contributed by atoms with Crippen molar-refractivity contribution in [1.29, 1.82) is 0 Å². The van der Waals surface area contributed by atoms with E-state index in [-0.39, 0.29) is 16.8 Å². The van der Waals surface area contributed by atoms with Gasteiger partial charge in [0, 0.05) is 23.8 Å². The van der Waals surface area contributed by atoms with Gasteiger partial charge in [0.2, 0.25) is 0 Å². The van der Waals surface area contributed by atoms with Gasteiger partial charge in [-0.05, 0) is 11.6 Å². The van der Waals surface area contributed by atoms with Gasteiger partial charge in [0.1, 0.15) is 17.9 Å². The highest BCUT2D eigenvalue weighted by molar-refractivity contribution is 7.90. The minimum atomic E-state index is -4.84. The van der Waals surface area contributed by atoms with Crippen molar-refractivity contribution in [3.8, 4) is 0 Å². The average Bonchev–Trinajstić information content (AvgIpc) is 3.31. The van der Waals surface area contributed by atoms with Crippen molar-refractivity contribution < 1.29 is 23.1 Å². The van der Waals surface area contributed by atoms with E-state index < -0.39 is 59.0 Å². The Morgan fingerprint density at radius 2 is 1.57 bits per heavy atom. The van der Waals surface area contributed by atoms with Crippen LogP contribution in [0, 0.1) is 20.2 Å². The standard InChI is InChI=1S/C23H16Cl2N4O7S/c24-22(25)23-26-19(15-9-6-10-16(13-15)28(31)32)20(21(30)14-7-2-1-3-8-14)27(23)37(35,36)18-12-5-4-11-17(18)29(33)34/h1-13,19-20,22H/t19-,20+/m1/s1. The highest BCUT2D eigenvalue weighted by atomic mass is 35.5. The largest absolute Gasteiger partial charge is 0.292 e. The summed E-state index contributed by atoms with van der Waals surface area (Å²) in [7, 11) is -4.84. The van der Waals surface area contributed by atoms with Crippen LogP contribution in [0.2, 0.25) is 0 Å². The summed E-state index contributed by atoms with van der Waals surface area (Å²) < 4.78 is 28.5. The van der Waals surface area contributed by atoms with Gasteiger partial charge in [-0.15, -0.1) is 0 Å². The Kier molecular flexibility index (Phi) is 7.25. The summed E-state index contributed by atoms with van der Waals surface area (Å²) in [6.45, 7) is 0. The molecular formula is C23H16Cl2N4O7S. The first-order valence-electron chi connectivity index (χ1n) is 10.5. The normalized spacial score (nSPS) is 17.5. The number of nitro benzene ring substituents is 2. The number of carbonyl (C=O) groups excluding carboxylic acids is 1. The minimum Gasteiger partial charge on any atom is -0.292 e. The van der Waals surface area contributed by atoms with Crippen LogP contribution in [0.1, 0.15) is 22.0 Å². The number of benzene rings is 3. The summed E-state index contributed by atoms with van der Waals surface area (Å²) in [4.78, 5) is 37.3. The van der Waals surface area contributed by atoms with Gasteiger partial charge < -0.3 is 0 Å². The number of Topliss-reactive ketones (excluding diaryl/α,β-unsaturated/α-hetero) is 1. The number of amidine groups is 1. The van der Waals surface area contributed by atoms with E-state index in [9.17, 15) is 33.4 Å². The number of para-hydroxylation sites is 1. The van der Waals surface area contributed by atoms with Crippen molar-refractivity contribution in [1.82, 2.24) is 4.31 Å². The Balaban J connectivity index is 1.97. The van der Waals surface area contributed by atoms with Crippen molar-refractivity contribution in [2.24, 2.45) is 4.99 Å². The second-order valence-electron chi connectivity index (χ2n) is 7.79. The molecule has 0 N–H and O–H groups in total. The van der Waals surface area contributed by atoms with Crippen LogP contribution in [-0.2, 0) is 10.0 Å². The maximum atomic E-state index is 13.9. The zero-order valence-corrected chi connectivity index (χ0v) is 20.9. The third-order valence-electron chi connectivity index (χ3n) is 5.59. The van der Waals surface area contributed by atoms with Crippen molar-refractivity contribution in [2.75, 3.05) is 0 Å². The molecule has 1 heterocycles. The fourth-order valence-corrected chi connectivity index (χ4v) is 6.22. The molecule has 1 aliphatic rings.